The fraction of sp³-hybridized carbons (Fsp3) is 0.200. The van der Waals surface area contributed by atoms with E-state index in [1.165, 1.54) is 16.8 Å². The van der Waals surface area contributed by atoms with E-state index in [1.807, 2.05) is 0 Å². The quantitative estimate of drug-likeness (QED) is 0.786. The van der Waals surface area contributed by atoms with Gasteiger partial charge in [-0.05, 0) is 6.07 Å². The number of aromatic nitrogens is 1. The van der Waals surface area contributed by atoms with Crippen molar-refractivity contribution >= 4 is 12.0 Å². The monoisotopic (exact) mass is 241 g/mol. The molecular formula is C10H12FN3O3. The Hall–Kier alpha value is -2.31. The third-order valence-corrected chi connectivity index (χ3v) is 1.97. The number of rotatable bonds is 5. The Bertz CT molecular complexity index is 453. The molecule has 0 radical (unpaired) electrons. The molecule has 0 saturated carbocycles. The van der Waals surface area contributed by atoms with E-state index < -0.39 is 12.0 Å². The lowest BCUT2D eigenvalue weighted by Gasteiger charge is -2.06. The highest BCUT2D eigenvalue weighted by Crippen LogP contribution is 2.06. The molecule has 0 bridgehead atoms. The number of nitrogens with zero attached hydrogens (tertiary/aromatic N) is 1. The van der Waals surface area contributed by atoms with Crippen LogP contribution in [0.5, 0.6) is 0 Å². The molecule has 0 unspecified atom stereocenters. The van der Waals surface area contributed by atoms with Crippen molar-refractivity contribution in [2.24, 2.45) is 11.5 Å². The summed E-state index contributed by atoms with van der Waals surface area (Å²) in [5.41, 5.74) is 10.3. The number of amides is 2. The highest BCUT2D eigenvalue weighted by Gasteiger charge is 2.06. The third kappa shape index (κ3) is 3.98. The number of carbonyl (C=O) groups is 2. The molecule has 1 aromatic heterocycles. The van der Waals surface area contributed by atoms with E-state index in [9.17, 15) is 14.0 Å². The zero-order valence-electron chi connectivity index (χ0n) is 8.93. The molecule has 7 heteroatoms. The molecule has 1 heterocycles. The smallest absolute Gasteiger partial charge is 0.404 e. The van der Waals surface area contributed by atoms with Crippen LogP contribution in [0, 0.1) is 0 Å². The summed E-state index contributed by atoms with van der Waals surface area (Å²) in [6.07, 6.45) is 2.38. The van der Waals surface area contributed by atoms with Gasteiger partial charge in [0.1, 0.15) is 6.61 Å². The lowest BCUT2D eigenvalue weighted by molar-refractivity contribution is 0.1000. The van der Waals surface area contributed by atoms with Gasteiger partial charge in [0.15, 0.2) is 0 Å². The van der Waals surface area contributed by atoms with E-state index >= 15 is 0 Å². The highest BCUT2D eigenvalue weighted by molar-refractivity contribution is 5.92. The lowest BCUT2D eigenvalue weighted by atomic mass is 10.3. The van der Waals surface area contributed by atoms with E-state index in [2.05, 4.69) is 4.74 Å². The fourth-order valence-electron chi connectivity index (χ4n) is 1.19. The van der Waals surface area contributed by atoms with Gasteiger partial charge in [0, 0.05) is 24.5 Å². The van der Waals surface area contributed by atoms with Crippen LogP contribution >= 0.6 is 0 Å². The summed E-state index contributed by atoms with van der Waals surface area (Å²) in [6.45, 7) is -0.104. The van der Waals surface area contributed by atoms with Crippen LogP contribution in [0.25, 0.3) is 0 Å². The maximum atomic E-state index is 12.5. The number of halogens is 1. The van der Waals surface area contributed by atoms with Crippen molar-refractivity contribution in [3.8, 4) is 0 Å². The van der Waals surface area contributed by atoms with Crippen LogP contribution in [0.3, 0.4) is 0 Å². The van der Waals surface area contributed by atoms with Gasteiger partial charge in [0.2, 0.25) is 5.91 Å². The number of primary amides is 2. The van der Waals surface area contributed by atoms with Gasteiger partial charge >= 0.3 is 6.09 Å². The minimum atomic E-state index is -0.977. The first-order valence-corrected chi connectivity index (χ1v) is 4.69. The minimum Gasteiger partial charge on any atom is -0.445 e. The van der Waals surface area contributed by atoms with Gasteiger partial charge in [-0.3, -0.25) is 4.79 Å². The summed E-state index contributed by atoms with van der Waals surface area (Å²) in [5, 5.41) is 0. The Labute approximate surface area is 96.6 Å². The first-order chi connectivity index (χ1) is 8.02. The number of ether oxygens (including phenoxy) is 1. The van der Waals surface area contributed by atoms with Gasteiger partial charge in [-0.1, -0.05) is 0 Å². The molecule has 0 saturated heterocycles. The molecule has 0 aliphatic rings. The first-order valence-electron chi connectivity index (χ1n) is 4.69. The molecule has 1 rings (SSSR count). The van der Waals surface area contributed by atoms with Crippen molar-refractivity contribution in [3.63, 3.8) is 0 Å². The second-order valence-electron chi connectivity index (χ2n) is 3.31. The molecule has 92 valence electrons. The number of nitrogens with two attached hydrogens (primary N) is 2. The van der Waals surface area contributed by atoms with Gasteiger partial charge in [-0.15, -0.1) is 0 Å². The number of carbonyl (C=O) groups excluding carboxylic acids is 2. The minimum absolute atomic E-state index is 0.136. The summed E-state index contributed by atoms with van der Waals surface area (Å²) in [7, 11) is 0. The summed E-state index contributed by atoms with van der Waals surface area (Å²) >= 11 is 0. The van der Waals surface area contributed by atoms with Gasteiger partial charge in [0.05, 0.1) is 11.9 Å². The standard InChI is InChI=1S/C10H12FN3O3/c11-3-7(6-17-10(13)16)4-14-2-1-8(5-14)9(12)15/h1-3,5H,4,6H2,(H2,12,15)(H2,13,16)/b7-3+. The lowest BCUT2D eigenvalue weighted by Crippen LogP contribution is -2.16. The molecule has 1 aromatic rings. The Kier molecular flexibility index (Phi) is 4.27. The SMILES string of the molecule is NC(=O)OC/C(=C/F)Cn1ccc(C(N)=O)c1. The predicted molar refractivity (Wildman–Crippen MR) is 57.7 cm³/mol. The number of hydrogen-bond acceptors (Lipinski definition) is 3. The van der Waals surface area contributed by atoms with E-state index in [4.69, 9.17) is 11.5 Å². The normalized spacial score (nSPS) is 11.2. The van der Waals surface area contributed by atoms with Crippen LogP contribution < -0.4 is 11.5 Å². The van der Waals surface area contributed by atoms with Crippen molar-refractivity contribution < 1.29 is 18.7 Å². The van der Waals surface area contributed by atoms with Gasteiger partial charge < -0.3 is 20.8 Å². The largest absolute Gasteiger partial charge is 0.445 e. The van der Waals surface area contributed by atoms with Gasteiger partial charge in [-0.2, -0.15) is 0 Å². The van der Waals surface area contributed by atoms with Gasteiger partial charge in [0.25, 0.3) is 0 Å². The zero-order chi connectivity index (χ0) is 12.8. The molecule has 0 atom stereocenters. The molecule has 0 fully saturated rings. The Morgan fingerprint density at radius 2 is 2.18 bits per heavy atom. The summed E-state index contributed by atoms with van der Waals surface area (Å²) < 4.78 is 18.4. The topological polar surface area (TPSA) is 100 Å². The molecule has 0 spiro atoms. The molecule has 17 heavy (non-hydrogen) atoms. The third-order valence-electron chi connectivity index (χ3n) is 1.97. The van der Waals surface area contributed by atoms with E-state index in [0.717, 1.165) is 0 Å². The molecule has 6 nitrogen and oxygen atoms in total. The average Bonchev–Trinajstić information content (AvgIpc) is 2.72. The maximum absolute atomic E-state index is 12.5. The van der Waals surface area contributed by atoms with Crippen molar-refractivity contribution in [3.05, 3.63) is 35.9 Å². The Morgan fingerprint density at radius 3 is 2.65 bits per heavy atom. The van der Waals surface area contributed by atoms with Crippen LogP contribution in [-0.4, -0.2) is 23.2 Å². The van der Waals surface area contributed by atoms with Crippen LogP contribution in [0.15, 0.2) is 30.4 Å². The second kappa shape index (κ2) is 5.69. The summed E-state index contributed by atoms with van der Waals surface area (Å²) in [5.74, 6) is -0.567. The van der Waals surface area contributed by atoms with Crippen LogP contribution in [0.2, 0.25) is 0 Å². The summed E-state index contributed by atoms with van der Waals surface area (Å²) in [4.78, 5) is 21.2. The fourth-order valence-corrected chi connectivity index (χ4v) is 1.19. The molecular weight excluding hydrogens is 229 g/mol. The van der Waals surface area contributed by atoms with Crippen molar-refractivity contribution in [1.82, 2.24) is 4.57 Å². The summed E-state index contributed by atoms with van der Waals surface area (Å²) in [6, 6.07) is 1.51. The molecule has 2 amide bonds. The van der Waals surface area contributed by atoms with Crippen molar-refractivity contribution in [2.75, 3.05) is 6.61 Å². The predicted octanol–water partition coefficient (Wildman–Crippen LogP) is 0.536. The second-order valence-corrected chi connectivity index (χ2v) is 3.31. The first kappa shape index (κ1) is 12.8. The van der Waals surface area contributed by atoms with E-state index in [-0.39, 0.29) is 18.7 Å². The number of hydrogen-bond donors (Lipinski definition) is 2. The maximum Gasteiger partial charge on any atom is 0.404 e. The van der Waals surface area contributed by atoms with Crippen LogP contribution in [-0.2, 0) is 11.3 Å². The van der Waals surface area contributed by atoms with E-state index in [0.29, 0.717) is 11.9 Å². The van der Waals surface area contributed by atoms with Crippen LogP contribution in [0.4, 0.5) is 9.18 Å². The molecule has 0 aliphatic heterocycles. The van der Waals surface area contributed by atoms with Gasteiger partial charge in [-0.25, -0.2) is 9.18 Å². The molecule has 4 N–H and O–H groups in total. The van der Waals surface area contributed by atoms with Crippen LogP contribution in [0.1, 0.15) is 10.4 Å². The highest BCUT2D eigenvalue weighted by atomic mass is 19.1. The Balaban J connectivity index is 2.61. The Morgan fingerprint density at radius 1 is 1.47 bits per heavy atom. The van der Waals surface area contributed by atoms with Crippen molar-refractivity contribution in [2.45, 2.75) is 6.54 Å². The molecule has 0 aromatic carbocycles. The van der Waals surface area contributed by atoms with Crippen molar-refractivity contribution in [1.29, 1.82) is 0 Å². The van der Waals surface area contributed by atoms with E-state index in [1.54, 1.807) is 6.20 Å². The average molecular weight is 241 g/mol. The zero-order valence-corrected chi connectivity index (χ0v) is 8.93. The molecule has 0 aliphatic carbocycles.